The van der Waals surface area contributed by atoms with Gasteiger partial charge in [-0.25, -0.2) is 4.79 Å². The summed E-state index contributed by atoms with van der Waals surface area (Å²) < 4.78 is 10.1. The zero-order chi connectivity index (χ0) is 16.9. The molecule has 1 aliphatic heterocycles. The van der Waals surface area contributed by atoms with Crippen LogP contribution in [0.3, 0.4) is 0 Å². The van der Waals surface area contributed by atoms with Crippen molar-refractivity contribution in [1.82, 2.24) is 0 Å². The number of unbranched alkanes of at least 4 members (excludes halogenated alkanes) is 5. The molecule has 132 valence electrons. The third kappa shape index (κ3) is 10.3. The maximum Gasteiger partial charge on any atom is 0.330 e. The number of allylic oxidation sites excluding steroid dienone is 1. The van der Waals surface area contributed by atoms with Crippen molar-refractivity contribution in [3.63, 3.8) is 0 Å². The summed E-state index contributed by atoms with van der Waals surface area (Å²) in [6, 6.07) is 0. The Morgan fingerprint density at radius 2 is 1.78 bits per heavy atom. The molecule has 4 nitrogen and oxygen atoms in total. The molecule has 0 N–H and O–H groups in total. The lowest BCUT2D eigenvalue weighted by atomic mass is 10.0. The Morgan fingerprint density at radius 3 is 2.52 bits per heavy atom. The van der Waals surface area contributed by atoms with Crippen molar-refractivity contribution in [2.75, 3.05) is 7.11 Å². The summed E-state index contributed by atoms with van der Waals surface area (Å²) in [7, 11) is 1.37. The van der Waals surface area contributed by atoms with Gasteiger partial charge in [0.15, 0.2) is 0 Å². The molecule has 1 heterocycles. The van der Waals surface area contributed by atoms with Gasteiger partial charge in [0, 0.05) is 18.9 Å². The molecule has 4 heteroatoms. The molecule has 0 spiro atoms. The van der Waals surface area contributed by atoms with E-state index in [1.165, 1.54) is 32.4 Å². The van der Waals surface area contributed by atoms with Crippen LogP contribution in [-0.4, -0.2) is 31.1 Å². The van der Waals surface area contributed by atoms with Crippen molar-refractivity contribution in [3.05, 3.63) is 12.2 Å². The SMILES string of the molecule is CCCCCC1OC1CCC(=O)CCCCCC=CC(=O)OC. The first-order valence-electron chi connectivity index (χ1n) is 9.09. The lowest BCUT2D eigenvalue weighted by Gasteiger charge is -2.00. The van der Waals surface area contributed by atoms with E-state index in [4.69, 9.17) is 4.74 Å². The van der Waals surface area contributed by atoms with E-state index in [1.807, 2.05) is 6.08 Å². The van der Waals surface area contributed by atoms with E-state index in [9.17, 15) is 9.59 Å². The van der Waals surface area contributed by atoms with Gasteiger partial charge in [0.05, 0.1) is 19.3 Å². The summed E-state index contributed by atoms with van der Waals surface area (Å²) in [6.45, 7) is 2.21. The van der Waals surface area contributed by atoms with Crippen LogP contribution in [0.4, 0.5) is 0 Å². The van der Waals surface area contributed by atoms with Crippen LogP contribution >= 0.6 is 0 Å². The molecule has 0 radical (unpaired) electrons. The zero-order valence-electron chi connectivity index (χ0n) is 14.7. The Labute approximate surface area is 140 Å². The minimum atomic E-state index is -0.310. The topological polar surface area (TPSA) is 55.9 Å². The molecule has 0 amide bonds. The van der Waals surface area contributed by atoms with Crippen LogP contribution < -0.4 is 0 Å². The maximum atomic E-state index is 11.8. The lowest BCUT2D eigenvalue weighted by Crippen LogP contribution is -2.02. The average molecular weight is 324 g/mol. The van der Waals surface area contributed by atoms with Gasteiger partial charge in [0.25, 0.3) is 0 Å². The molecule has 2 atom stereocenters. The fourth-order valence-corrected chi connectivity index (χ4v) is 2.72. The van der Waals surface area contributed by atoms with Crippen molar-refractivity contribution in [3.8, 4) is 0 Å². The Bertz CT molecular complexity index is 376. The van der Waals surface area contributed by atoms with Crippen LogP contribution in [0.15, 0.2) is 12.2 Å². The second kappa shape index (κ2) is 12.3. The van der Waals surface area contributed by atoms with Crippen LogP contribution in [-0.2, 0) is 19.1 Å². The van der Waals surface area contributed by atoms with Crippen molar-refractivity contribution < 1.29 is 19.1 Å². The standard InChI is InChI=1S/C19H32O4/c1-3-4-8-12-17-18(23-17)15-14-16(20)11-9-6-5-7-10-13-19(21)22-2/h10,13,17-18H,3-9,11-12,14-15H2,1-2H3. The highest BCUT2D eigenvalue weighted by Gasteiger charge is 2.37. The number of ketones is 1. The van der Waals surface area contributed by atoms with E-state index < -0.39 is 0 Å². The van der Waals surface area contributed by atoms with Crippen LogP contribution in [0.5, 0.6) is 0 Å². The molecular formula is C19H32O4. The van der Waals surface area contributed by atoms with Crippen molar-refractivity contribution in [2.24, 2.45) is 0 Å². The van der Waals surface area contributed by atoms with Gasteiger partial charge in [-0.2, -0.15) is 0 Å². The molecule has 1 rings (SSSR count). The predicted octanol–water partition coefficient (Wildman–Crippen LogP) is 4.36. The van der Waals surface area contributed by atoms with Gasteiger partial charge in [-0.1, -0.05) is 38.7 Å². The monoisotopic (exact) mass is 324 g/mol. The maximum absolute atomic E-state index is 11.8. The second-order valence-corrected chi connectivity index (χ2v) is 6.31. The molecule has 1 aliphatic rings. The minimum Gasteiger partial charge on any atom is -0.466 e. The highest BCUT2D eigenvalue weighted by atomic mass is 16.6. The number of esters is 1. The number of hydrogen-bond donors (Lipinski definition) is 0. The summed E-state index contributed by atoms with van der Waals surface area (Å²) in [5, 5.41) is 0. The molecule has 1 fully saturated rings. The molecule has 0 saturated carbocycles. The van der Waals surface area contributed by atoms with Gasteiger partial charge < -0.3 is 9.47 Å². The Kier molecular flexibility index (Phi) is 10.6. The summed E-state index contributed by atoms with van der Waals surface area (Å²) in [6.07, 6.45) is 15.1. The van der Waals surface area contributed by atoms with Crippen LogP contribution in [0.25, 0.3) is 0 Å². The quantitative estimate of drug-likeness (QED) is 0.206. The molecule has 1 saturated heterocycles. The summed E-state index contributed by atoms with van der Waals surface area (Å²) in [5.41, 5.74) is 0. The number of carbonyl (C=O) groups is 2. The second-order valence-electron chi connectivity index (χ2n) is 6.31. The van der Waals surface area contributed by atoms with Crippen molar-refractivity contribution in [1.29, 1.82) is 0 Å². The molecule has 0 aromatic heterocycles. The number of hydrogen-bond acceptors (Lipinski definition) is 4. The first-order chi connectivity index (χ1) is 11.2. The van der Waals surface area contributed by atoms with Crippen LogP contribution in [0.1, 0.15) is 77.6 Å². The summed E-state index contributed by atoms with van der Waals surface area (Å²) in [5.74, 6) is 0.0494. The van der Waals surface area contributed by atoms with Crippen molar-refractivity contribution >= 4 is 11.8 Å². The third-order valence-electron chi connectivity index (χ3n) is 4.27. The Balaban J connectivity index is 1.90. The summed E-state index contributed by atoms with van der Waals surface area (Å²) >= 11 is 0. The highest BCUT2D eigenvalue weighted by molar-refractivity contribution is 5.81. The first-order valence-corrected chi connectivity index (χ1v) is 9.09. The third-order valence-corrected chi connectivity index (χ3v) is 4.27. The number of Topliss-reactive ketones (excluding diaryl/α,β-unsaturated/α-hetero) is 1. The first kappa shape index (κ1) is 19.9. The van der Waals surface area contributed by atoms with E-state index in [2.05, 4.69) is 11.7 Å². The van der Waals surface area contributed by atoms with E-state index >= 15 is 0 Å². The fraction of sp³-hybridized carbons (Fsp3) is 0.789. The van der Waals surface area contributed by atoms with Gasteiger partial charge in [0.1, 0.15) is 5.78 Å². The number of ether oxygens (including phenoxy) is 2. The van der Waals surface area contributed by atoms with Crippen molar-refractivity contribution in [2.45, 2.75) is 89.8 Å². The van der Waals surface area contributed by atoms with Crippen LogP contribution in [0.2, 0.25) is 0 Å². The molecule has 0 aromatic carbocycles. The Morgan fingerprint density at radius 1 is 1.00 bits per heavy atom. The predicted molar refractivity (Wildman–Crippen MR) is 91.3 cm³/mol. The average Bonchev–Trinajstić information content (AvgIpc) is 3.30. The van der Waals surface area contributed by atoms with E-state index in [0.717, 1.165) is 38.5 Å². The molecule has 0 aromatic rings. The van der Waals surface area contributed by atoms with Crippen LogP contribution in [0, 0.1) is 0 Å². The van der Waals surface area contributed by atoms with E-state index in [0.29, 0.717) is 30.8 Å². The Hall–Kier alpha value is -1.16. The lowest BCUT2D eigenvalue weighted by molar-refractivity contribution is -0.134. The number of epoxide rings is 1. The smallest absolute Gasteiger partial charge is 0.330 e. The molecule has 0 aliphatic carbocycles. The number of carbonyl (C=O) groups excluding carboxylic acids is 2. The van der Waals surface area contributed by atoms with E-state index in [-0.39, 0.29) is 5.97 Å². The number of rotatable bonds is 14. The van der Waals surface area contributed by atoms with Gasteiger partial charge in [-0.15, -0.1) is 0 Å². The van der Waals surface area contributed by atoms with Gasteiger partial charge in [0.2, 0.25) is 0 Å². The normalized spacial score (nSPS) is 19.9. The summed E-state index contributed by atoms with van der Waals surface area (Å²) in [4.78, 5) is 22.7. The zero-order valence-corrected chi connectivity index (χ0v) is 14.7. The fourth-order valence-electron chi connectivity index (χ4n) is 2.72. The number of methoxy groups -OCH3 is 1. The highest BCUT2D eigenvalue weighted by Crippen LogP contribution is 2.31. The van der Waals surface area contributed by atoms with Gasteiger partial charge in [-0.3, -0.25) is 4.79 Å². The largest absolute Gasteiger partial charge is 0.466 e. The van der Waals surface area contributed by atoms with Gasteiger partial charge in [-0.05, 0) is 32.1 Å². The van der Waals surface area contributed by atoms with Gasteiger partial charge >= 0.3 is 5.97 Å². The molecule has 2 unspecified atom stereocenters. The minimum absolute atomic E-state index is 0.310. The molecular weight excluding hydrogens is 292 g/mol. The van der Waals surface area contributed by atoms with E-state index in [1.54, 1.807) is 0 Å². The molecule has 23 heavy (non-hydrogen) atoms. The molecule has 0 bridgehead atoms.